The third-order valence-electron chi connectivity index (χ3n) is 8.12. The van der Waals surface area contributed by atoms with Crippen molar-refractivity contribution in [2.75, 3.05) is 31.1 Å². The fourth-order valence-electron chi connectivity index (χ4n) is 6.11. The fourth-order valence-corrected chi connectivity index (χ4v) is 6.11. The predicted molar refractivity (Wildman–Crippen MR) is 145 cm³/mol. The third-order valence-corrected chi connectivity index (χ3v) is 8.12. The Morgan fingerprint density at radius 1 is 1.06 bits per heavy atom. The molecule has 2 aliphatic rings. The number of hydrogen-bond donors (Lipinski definition) is 1. The highest BCUT2D eigenvalue weighted by molar-refractivity contribution is 5.56. The van der Waals surface area contributed by atoms with Gasteiger partial charge in [-0.3, -0.25) is 0 Å². The van der Waals surface area contributed by atoms with Crippen molar-refractivity contribution in [2.24, 2.45) is 23.5 Å². The van der Waals surface area contributed by atoms with E-state index in [0.717, 1.165) is 44.8 Å². The highest BCUT2D eigenvalue weighted by Gasteiger charge is 2.27. The topological polar surface area (TPSA) is 49.6 Å². The van der Waals surface area contributed by atoms with Gasteiger partial charge in [0.2, 0.25) is 0 Å². The summed E-state index contributed by atoms with van der Waals surface area (Å²) in [5.74, 6) is 2.11. The van der Waals surface area contributed by atoms with E-state index in [1.807, 2.05) is 0 Å². The number of carbonyl (C=O) groups excluding carboxylic acids is 1. The molecule has 3 atom stereocenters. The SMILES string of the molecule is CC(C)CCN(c1ccc(CCC2CCCCC2)cc1)C1CCCN(CC(C)CC(N)C=O)C1. The third kappa shape index (κ3) is 9.00. The van der Waals surface area contributed by atoms with Crippen molar-refractivity contribution in [1.29, 1.82) is 0 Å². The lowest BCUT2D eigenvalue weighted by Crippen LogP contribution is -2.49. The molecule has 1 aliphatic heterocycles. The molecule has 0 radical (unpaired) electrons. The van der Waals surface area contributed by atoms with Crippen molar-refractivity contribution in [3.63, 3.8) is 0 Å². The molecular formula is C30H51N3O. The Hall–Kier alpha value is -1.39. The zero-order valence-corrected chi connectivity index (χ0v) is 22.3. The molecule has 1 heterocycles. The summed E-state index contributed by atoms with van der Waals surface area (Å²) in [5, 5.41) is 0. The van der Waals surface area contributed by atoms with Crippen LogP contribution in [0.15, 0.2) is 24.3 Å². The van der Waals surface area contributed by atoms with E-state index in [9.17, 15) is 4.79 Å². The Labute approximate surface area is 209 Å². The number of aryl methyl sites for hydroxylation is 1. The largest absolute Gasteiger partial charge is 0.367 e. The van der Waals surface area contributed by atoms with E-state index in [1.54, 1.807) is 0 Å². The molecule has 0 amide bonds. The van der Waals surface area contributed by atoms with E-state index in [2.05, 4.69) is 54.8 Å². The predicted octanol–water partition coefficient (Wildman–Crippen LogP) is 6.07. The van der Waals surface area contributed by atoms with Crippen LogP contribution in [0.4, 0.5) is 5.69 Å². The first kappa shape index (κ1) is 27.2. The summed E-state index contributed by atoms with van der Waals surface area (Å²) in [6.07, 6.45) is 15.2. The molecule has 34 heavy (non-hydrogen) atoms. The van der Waals surface area contributed by atoms with E-state index in [1.165, 1.54) is 75.5 Å². The number of nitrogens with zero attached hydrogens (tertiary/aromatic N) is 2. The Balaban J connectivity index is 1.60. The molecule has 2 fully saturated rings. The molecule has 1 aromatic carbocycles. The van der Waals surface area contributed by atoms with Crippen molar-refractivity contribution in [1.82, 2.24) is 4.90 Å². The number of benzene rings is 1. The average molecular weight is 470 g/mol. The van der Waals surface area contributed by atoms with Gasteiger partial charge in [-0.25, -0.2) is 0 Å². The summed E-state index contributed by atoms with van der Waals surface area (Å²) < 4.78 is 0. The summed E-state index contributed by atoms with van der Waals surface area (Å²) in [5.41, 5.74) is 8.78. The van der Waals surface area contributed by atoms with Crippen LogP contribution in [-0.2, 0) is 11.2 Å². The minimum Gasteiger partial charge on any atom is -0.367 e. The smallest absolute Gasteiger partial charge is 0.136 e. The number of carbonyl (C=O) groups is 1. The molecule has 0 aromatic heterocycles. The van der Waals surface area contributed by atoms with Gasteiger partial charge in [-0.05, 0) is 80.5 Å². The zero-order valence-electron chi connectivity index (χ0n) is 22.3. The van der Waals surface area contributed by atoms with Gasteiger partial charge in [0.15, 0.2) is 0 Å². The van der Waals surface area contributed by atoms with Crippen LogP contribution in [0.5, 0.6) is 0 Å². The fraction of sp³-hybridized carbons (Fsp3) is 0.767. The molecule has 1 aliphatic carbocycles. The van der Waals surface area contributed by atoms with Gasteiger partial charge in [0.25, 0.3) is 0 Å². The second kappa shape index (κ2) is 14.2. The highest BCUT2D eigenvalue weighted by Crippen LogP contribution is 2.29. The van der Waals surface area contributed by atoms with Crippen molar-refractivity contribution < 1.29 is 4.79 Å². The standard InChI is InChI=1S/C30H51N3O/c1-24(2)17-19-33(30-10-7-18-32(22-30)21-25(3)20-28(31)23-34)29-15-13-27(14-16-29)12-11-26-8-5-4-6-9-26/h13-16,23-26,28,30H,4-12,17-22,31H2,1-3H3. The Morgan fingerprint density at radius 2 is 1.79 bits per heavy atom. The van der Waals surface area contributed by atoms with Crippen LogP contribution in [0.25, 0.3) is 0 Å². The number of likely N-dealkylation sites (tertiary alicyclic amines) is 1. The van der Waals surface area contributed by atoms with Crippen LogP contribution in [0.1, 0.15) is 90.5 Å². The van der Waals surface area contributed by atoms with Gasteiger partial charge in [0.1, 0.15) is 6.29 Å². The minimum absolute atomic E-state index is 0.324. The molecule has 3 rings (SSSR count). The molecule has 0 spiro atoms. The average Bonchev–Trinajstić information content (AvgIpc) is 2.84. The van der Waals surface area contributed by atoms with Gasteiger partial charge in [0, 0.05) is 31.4 Å². The van der Waals surface area contributed by atoms with Gasteiger partial charge in [-0.1, -0.05) is 65.0 Å². The van der Waals surface area contributed by atoms with Gasteiger partial charge in [-0.2, -0.15) is 0 Å². The molecule has 1 saturated carbocycles. The summed E-state index contributed by atoms with van der Waals surface area (Å²) in [7, 11) is 0. The van der Waals surface area contributed by atoms with Crippen LogP contribution in [0.2, 0.25) is 0 Å². The monoisotopic (exact) mass is 469 g/mol. The molecule has 4 nitrogen and oxygen atoms in total. The molecule has 1 aromatic rings. The van der Waals surface area contributed by atoms with E-state index in [0.29, 0.717) is 17.9 Å². The first-order chi connectivity index (χ1) is 16.4. The van der Waals surface area contributed by atoms with E-state index < -0.39 is 0 Å². The maximum Gasteiger partial charge on any atom is 0.136 e. The normalized spacial score (nSPS) is 22.0. The second-order valence-electron chi connectivity index (χ2n) is 11.8. The lowest BCUT2D eigenvalue weighted by Gasteiger charge is -2.42. The molecule has 0 bridgehead atoms. The van der Waals surface area contributed by atoms with Crippen LogP contribution >= 0.6 is 0 Å². The van der Waals surface area contributed by atoms with Crippen molar-refractivity contribution >= 4 is 12.0 Å². The maximum atomic E-state index is 11.0. The van der Waals surface area contributed by atoms with Gasteiger partial charge >= 0.3 is 0 Å². The number of aldehydes is 1. The first-order valence-corrected chi connectivity index (χ1v) is 14.2. The molecule has 3 unspecified atom stereocenters. The lowest BCUT2D eigenvalue weighted by atomic mass is 9.85. The van der Waals surface area contributed by atoms with Crippen molar-refractivity contribution in [2.45, 2.75) is 103 Å². The molecule has 2 N–H and O–H groups in total. The van der Waals surface area contributed by atoms with Crippen molar-refractivity contribution in [3.8, 4) is 0 Å². The van der Waals surface area contributed by atoms with Crippen LogP contribution < -0.4 is 10.6 Å². The van der Waals surface area contributed by atoms with Gasteiger partial charge in [0.05, 0.1) is 6.04 Å². The van der Waals surface area contributed by atoms with Gasteiger partial charge in [-0.15, -0.1) is 0 Å². The van der Waals surface area contributed by atoms with Crippen LogP contribution in [-0.4, -0.2) is 49.4 Å². The summed E-state index contributed by atoms with van der Waals surface area (Å²) in [6.45, 7) is 11.3. The summed E-state index contributed by atoms with van der Waals surface area (Å²) >= 11 is 0. The molecule has 192 valence electrons. The first-order valence-electron chi connectivity index (χ1n) is 14.2. The number of hydrogen-bond acceptors (Lipinski definition) is 4. The molecular weight excluding hydrogens is 418 g/mol. The number of rotatable bonds is 13. The molecule has 1 saturated heterocycles. The lowest BCUT2D eigenvalue weighted by molar-refractivity contribution is -0.109. The van der Waals surface area contributed by atoms with E-state index in [4.69, 9.17) is 5.73 Å². The van der Waals surface area contributed by atoms with Crippen molar-refractivity contribution in [3.05, 3.63) is 29.8 Å². The summed E-state index contributed by atoms with van der Waals surface area (Å²) in [6, 6.07) is 9.80. The number of anilines is 1. The number of piperidine rings is 1. The molecule has 4 heteroatoms. The van der Waals surface area contributed by atoms with Crippen LogP contribution in [0.3, 0.4) is 0 Å². The Kier molecular flexibility index (Phi) is 11.4. The Bertz CT molecular complexity index is 698. The maximum absolute atomic E-state index is 11.0. The minimum atomic E-state index is -0.324. The quantitative estimate of drug-likeness (QED) is 0.356. The number of nitrogens with two attached hydrogens (primary N) is 1. The zero-order chi connectivity index (χ0) is 24.3. The Morgan fingerprint density at radius 3 is 2.47 bits per heavy atom. The van der Waals surface area contributed by atoms with E-state index in [-0.39, 0.29) is 6.04 Å². The second-order valence-corrected chi connectivity index (χ2v) is 11.8. The summed E-state index contributed by atoms with van der Waals surface area (Å²) in [4.78, 5) is 16.3. The van der Waals surface area contributed by atoms with E-state index >= 15 is 0 Å². The van der Waals surface area contributed by atoms with Gasteiger partial charge < -0.3 is 20.3 Å². The van der Waals surface area contributed by atoms with Crippen LogP contribution in [0, 0.1) is 17.8 Å². The highest BCUT2D eigenvalue weighted by atomic mass is 16.1.